The summed E-state index contributed by atoms with van der Waals surface area (Å²) in [5, 5.41) is 0. The fraction of sp³-hybridized carbons (Fsp3) is 1.00. The first-order valence-corrected chi connectivity index (χ1v) is 5.03. The molecule has 23 heavy (non-hydrogen) atoms. The van der Waals surface area contributed by atoms with Crippen molar-refractivity contribution >= 4 is 0 Å². The predicted molar refractivity (Wildman–Crippen MR) is 40.6 cm³/mol. The highest BCUT2D eigenvalue weighted by Crippen LogP contribution is 2.59. The van der Waals surface area contributed by atoms with E-state index in [1.807, 2.05) is 0 Å². The fourth-order valence-corrected chi connectivity index (χ4v) is 1.40. The van der Waals surface area contributed by atoms with Gasteiger partial charge in [0, 0.05) is 0 Å². The quantitative estimate of drug-likeness (QED) is 0.520. The second-order valence-corrected chi connectivity index (χ2v) is 4.37. The molecule has 2 unspecified atom stereocenters. The fourth-order valence-electron chi connectivity index (χ4n) is 1.40. The zero-order valence-electron chi connectivity index (χ0n) is 9.85. The van der Waals surface area contributed by atoms with Crippen LogP contribution in [0.1, 0.15) is 0 Å². The molecule has 0 aromatic rings. The number of ether oxygens (including phenoxy) is 1. The molecular weight excluding hydrogens is 378 g/mol. The summed E-state index contributed by atoms with van der Waals surface area (Å²) < 4.78 is 175. The lowest BCUT2D eigenvalue weighted by atomic mass is 9.99. The van der Waals surface area contributed by atoms with Crippen molar-refractivity contribution in [1.82, 2.24) is 0 Å². The second-order valence-electron chi connectivity index (χ2n) is 4.37. The minimum Gasteiger partial charge on any atom is -0.356 e. The summed E-state index contributed by atoms with van der Waals surface area (Å²) in [4.78, 5) is 0. The molecule has 0 bridgehead atoms. The topological polar surface area (TPSA) is 12.5 Å². The molecule has 15 heteroatoms. The highest BCUT2D eigenvalue weighted by molar-refractivity contribution is 5.13. The Bertz CT molecular complexity index is 416. The molecule has 0 aromatic carbocycles. The van der Waals surface area contributed by atoms with Crippen molar-refractivity contribution in [1.29, 1.82) is 0 Å². The lowest BCUT2D eigenvalue weighted by molar-refractivity contribution is -0.363. The normalized spacial score (nSPS) is 24.8. The Morgan fingerprint density at radius 2 is 0.652 bits per heavy atom. The SMILES string of the molecule is FC(F)(F)C(F)(F)C(F)(F)C1OC1C(F)(F)C(F)(F)C(F)(F)F. The molecule has 0 amide bonds. The molecule has 1 heterocycles. The van der Waals surface area contributed by atoms with Crippen LogP contribution in [0, 0.1) is 0 Å². The monoisotopic (exact) mass is 380 g/mol. The maximum absolute atomic E-state index is 12.9. The average molecular weight is 380 g/mol. The smallest absolute Gasteiger partial charge is 0.356 e. The van der Waals surface area contributed by atoms with Crippen LogP contribution in [0.3, 0.4) is 0 Å². The van der Waals surface area contributed by atoms with E-state index in [0.29, 0.717) is 0 Å². The van der Waals surface area contributed by atoms with Crippen molar-refractivity contribution in [3.8, 4) is 0 Å². The molecule has 1 aliphatic rings. The van der Waals surface area contributed by atoms with E-state index in [1.54, 1.807) is 0 Å². The lowest BCUT2D eigenvalue weighted by Crippen LogP contribution is -2.59. The van der Waals surface area contributed by atoms with E-state index < -0.39 is 48.3 Å². The third-order valence-electron chi connectivity index (χ3n) is 2.76. The number of rotatable bonds is 4. The standard InChI is InChI=1S/C8H2F14O/c9-3(10,5(13,14)7(17,18)19)1-2(23-1)4(11,12)6(15,16)8(20,21)22/h1-2H. The summed E-state index contributed by atoms with van der Waals surface area (Å²) in [7, 11) is 0. The molecule has 0 radical (unpaired) electrons. The molecule has 138 valence electrons. The highest BCUT2D eigenvalue weighted by atomic mass is 19.4. The molecular formula is C8H2F14O. The van der Waals surface area contributed by atoms with Crippen LogP contribution in [-0.4, -0.2) is 48.3 Å². The van der Waals surface area contributed by atoms with Gasteiger partial charge < -0.3 is 4.74 Å². The average Bonchev–Trinajstić information content (AvgIpc) is 3.05. The van der Waals surface area contributed by atoms with Crippen molar-refractivity contribution in [2.45, 2.75) is 48.3 Å². The highest BCUT2D eigenvalue weighted by Gasteiger charge is 2.87. The Labute approximate surface area is 116 Å². The number of epoxide rings is 1. The van der Waals surface area contributed by atoms with Crippen molar-refractivity contribution in [3.63, 3.8) is 0 Å². The third kappa shape index (κ3) is 2.69. The Hall–Kier alpha value is -1.02. The van der Waals surface area contributed by atoms with Crippen LogP contribution < -0.4 is 0 Å². The van der Waals surface area contributed by atoms with Crippen LogP contribution in [0.4, 0.5) is 61.5 Å². The first kappa shape index (κ1) is 20.0. The van der Waals surface area contributed by atoms with E-state index in [9.17, 15) is 61.5 Å². The van der Waals surface area contributed by atoms with Gasteiger partial charge in [0.2, 0.25) is 0 Å². The molecule has 1 rings (SSSR count). The molecule has 1 saturated heterocycles. The summed E-state index contributed by atoms with van der Waals surface area (Å²) in [5.74, 6) is -27.0. The molecule has 2 atom stereocenters. The maximum atomic E-state index is 12.9. The van der Waals surface area contributed by atoms with Gasteiger partial charge in [0.15, 0.2) is 12.2 Å². The van der Waals surface area contributed by atoms with E-state index in [-0.39, 0.29) is 0 Å². The molecule has 1 aliphatic heterocycles. The Morgan fingerprint density at radius 1 is 0.435 bits per heavy atom. The summed E-state index contributed by atoms with van der Waals surface area (Å²) in [5.41, 5.74) is 0. The number of halogens is 14. The number of alkyl halides is 14. The predicted octanol–water partition coefficient (Wildman–Crippen LogP) is 4.42. The van der Waals surface area contributed by atoms with Gasteiger partial charge in [-0.25, -0.2) is 0 Å². The Morgan fingerprint density at radius 3 is 0.826 bits per heavy atom. The van der Waals surface area contributed by atoms with E-state index in [0.717, 1.165) is 0 Å². The van der Waals surface area contributed by atoms with Crippen LogP contribution in [0.2, 0.25) is 0 Å². The van der Waals surface area contributed by atoms with E-state index in [1.165, 1.54) is 0 Å². The van der Waals surface area contributed by atoms with Crippen molar-refractivity contribution in [2.75, 3.05) is 0 Å². The van der Waals surface area contributed by atoms with Gasteiger partial charge >= 0.3 is 36.0 Å². The van der Waals surface area contributed by atoms with Gasteiger partial charge in [0.25, 0.3) is 0 Å². The van der Waals surface area contributed by atoms with Gasteiger partial charge in [-0.15, -0.1) is 0 Å². The zero-order chi connectivity index (χ0) is 18.9. The molecule has 0 aliphatic carbocycles. The van der Waals surface area contributed by atoms with E-state index >= 15 is 0 Å². The molecule has 0 N–H and O–H groups in total. The van der Waals surface area contributed by atoms with Crippen LogP contribution in [0.15, 0.2) is 0 Å². The number of hydrogen-bond donors (Lipinski definition) is 0. The van der Waals surface area contributed by atoms with Gasteiger partial charge in [-0.3, -0.25) is 0 Å². The molecule has 0 aromatic heterocycles. The van der Waals surface area contributed by atoms with Gasteiger partial charge in [-0.05, 0) is 0 Å². The van der Waals surface area contributed by atoms with Gasteiger partial charge in [-0.2, -0.15) is 61.5 Å². The molecule has 0 spiro atoms. The van der Waals surface area contributed by atoms with Crippen molar-refractivity contribution in [3.05, 3.63) is 0 Å². The lowest BCUT2D eigenvalue weighted by Gasteiger charge is -2.29. The number of hydrogen-bond acceptors (Lipinski definition) is 1. The minimum absolute atomic E-state index is 2.95. The second kappa shape index (κ2) is 4.75. The Kier molecular flexibility index (Phi) is 4.14. The van der Waals surface area contributed by atoms with Crippen molar-refractivity contribution < 1.29 is 66.2 Å². The first-order chi connectivity index (χ1) is 9.73. The van der Waals surface area contributed by atoms with Gasteiger partial charge in [0.1, 0.15) is 0 Å². The van der Waals surface area contributed by atoms with Gasteiger partial charge in [0.05, 0.1) is 0 Å². The summed E-state index contributed by atoms with van der Waals surface area (Å²) in [6.45, 7) is 0. The zero-order valence-corrected chi connectivity index (χ0v) is 9.85. The first-order valence-electron chi connectivity index (χ1n) is 5.03. The minimum atomic E-state index is -7.00. The molecule has 1 nitrogen and oxygen atoms in total. The Balaban J connectivity index is 3.12. The van der Waals surface area contributed by atoms with Gasteiger partial charge in [-0.1, -0.05) is 0 Å². The third-order valence-corrected chi connectivity index (χ3v) is 2.76. The summed E-state index contributed by atoms with van der Waals surface area (Å²) >= 11 is 0. The molecule has 1 fully saturated rings. The van der Waals surface area contributed by atoms with Crippen LogP contribution >= 0.6 is 0 Å². The maximum Gasteiger partial charge on any atom is 0.459 e. The van der Waals surface area contributed by atoms with E-state index in [4.69, 9.17) is 0 Å². The molecule has 0 saturated carbocycles. The summed E-state index contributed by atoms with van der Waals surface area (Å²) in [6.07, 6.45) is -22.4. The summed E-state index contributed by atoms with van der Waals surface area (Å²) in [6, 6.07) is 0. The van der Waals surface area contributed by atoms with Crippen LogP contribution in [0.25, 0.3) is 0 Å². The van der Waals surface area contributed by atoms with Crippen LogP contribution in [-0.2, 0) is 4.74 Å². The van der Waals surface area contributed by atoms with Crippen molar-refractivity contribution in [2.24, 2.45) is 0 Å². The van der Waals surface area contributed by atoms with E-state index in [2.05, 4.69) is 4.74 Å². The largest absolute Gasteiger partial charge is 0.459 e. The van der Waals surface area contributed by atoms with Crippen LogP contribution in [0.5, 0.6) is 0 Å².